The summed E-state index contributed by atoms with van der Waals surface area (Å²) in [6, 6.07) is 0. The molecule has 0 aromatic carbocycles. The van der Waals surface area contributed by atoms with Gasteiger partial charge in [0.15, 0.2) is 0 Å². The number of hydrogen-bond donors (Lipinski definition) is 1. The summed E-state index contributed by atoms with van der Waals surface area (Å²) < 4.78 is 0. The summed E-state index contributed by atoms with van der Waals surface area (Å²) in [5.41, 5.74) is 0. The molecule has 0 amide bonds. The zero-order chi connectivity index (χ0) is 5.86. The van der Waals surface area contributed by atoms with Crippen LogP contribution in [0, 0.1) is 5.92 Å². The fourth-order valence-electron chi connectivity index (χ4n) is 0.192. The fraction of sp³-hybridized carbons (Fsp3) is 1.00. The molecule has 0 rings (SSSR count). The summed E-state index contributed by atoms with van der Waals surface area (Å²) in [4.78, 5) is 0. The van der Waals surface area contributed by atoms with E-state index in [2.05, 4.69) is 0 Å². The lowest BCUT2D eigenvalue weighted by atomic mass is 10.1. The first kappa shape index (κ1) is 6.92. The standard InChI is InChI=1S/C5H11O2/c1-4(2)5(7)3-6/h4-5,7H,3H2,1-2H3/t5-/m0/s1. The molecule has 0 unspecified atom stereocenters. The zero-order valence-corrected chi connectivity index (χ0v) is 4.72. The SMILES string of the molecule is CC(C)[C@@H](O)C[O]. The van der Waals surface area contributed by atoms with Crippen LogP contribution < -0.4 is 0 Å². The molecule has 0 aromatic rings. The average molecular weight is 103 g/mol. The van der Waals surface area contributed by atoms with Crippen LogP contribution in [0.1, 0.15) is 13.8 Å². The molecule has 0 fully saturated rings. The normalized spacial score (nSPS) is 15.0. The lowest BCUT2D eigenvalue weighted by Crippen LogP contribution is -2.17. The Hall–Kier alpha value is -0.0800. The van der Waals surface area contributed by atoms with Gasteiger partial charge in [0.1, 0.15) is 6.61 Å². The summed E-state index contributed by atoms with van der Waals surface area (Å²) in [7, 11) is 0. The smallest absolute Gasteiger partial charge is 0.108 e. The molecule has 2 heteroatoms. The van der Waals surface area contributed by atoms with Gasteiger partial charge >= 0.3 is 0 Å². The Bertz CT molecular complexity index is 43.3. The van der Waals surface area contributed by atoms with Gasteiger partial charge in [-0.25, -0.2) is 5.11 Å². The van der Waals surface area contributed by atoms with Gasteiger partial charge in [-0.2, -0.15) is 0 Å². The maximum atomic E-state index is 9.82. The molecule has 0 saturated heterocycles. The maximum absolute atomic E-state index is 9.82. The van der Waals surface area contributed by atoms with Gasteiger partial charge in [-0.3, -0.25) is 0 Å². The second-order valence-corrected chi connectivity index (χ2v) is 1.98. The Labute approximate surface area is 43.8 Å². The monoisotopic (exact) mass is 103 g/mol. The summed E-state index contributed by atoms with van der Waals surface area (Å²) in [6.07, 6.45) is -0.653. The van der Waals surface area contributed by atoms with Gasteiger partial charge in [-0.1, -0.05) is 13.8 Å². The lowest BCUT2D eigenvalue weighted by molar-refractivity contribution is 0.0269. The summed E-state index contributed by atoms with van der Waals surface area (Å²) >= 11 is 0. The number of rotatable bonds is 2. The Balaban J connectivity index is 3.14. The first-order chi connectivity index (χ1) is 3.18. The van der Waals surface area contributed by atoms with Gasteiger partial charge in [0, 0.05) is 0 Å². The van der Waals surface area contributed by atoms with E-state index < -0.39 is 6.10 Å². The van der Waals surface area contributed by atoms with E-state index in [0.29, 0.717) is 0 Å². The minimum absolute atomic E-state index is 0.109. The van der Waals surface area contributed by atoms with Crippen molar-refractivity contribution in [2.45, 2.75) is 20.0 Å². The van der Waals surface area contributed by atoms with Crippen LogP contribution in [-0.4, -0.2) is 17.8 Å². The van der Waals surface area contributed by atoms with Crippen molar-refractivity contribution in [3.8, 4) is 0 Å². The van der Waals surface area contributed by atoms with E-state index in [0.717, 1.165) is 0 Å². The molecule has 0 bridgehead atoms. The van der Waals surface area contributed by atoms with E-state index in [4.69, 9.17) is 5.11 Å². The van der Waals surface area contributed by atoms with Gasteiger partial charge in [0.2, 0.25) is 0 Å². The first-order valence-electron chi connectivity index (χ1n) is 2.44. The van der Waals surface area contributed by atoms with Crippen LogP contribution in [-0.2, 0) is 5.11 Å². The molecular weight excluding hydrogens is 92.1 g/mol. The predicted octanol–water partition coefficient (Wildman–Crippen LogP) is 0.434. The molecule has 1 N–H and O–H groups in total. The fourth-order valence-corrected chi connectivity index (χ4v) is 0.192. The third kappa shape index (κ3) is 2.60. The highest BCUT2D eigenvalue weighted by molar-refractivity contribution is 4.54. The van der Waals surface area contributed by atoms with E-state index in [-0.39, 0.29) is 12.5 Å². The van der Waals surface area contributed by atoms with Crippen LogP contribution in [0.5, 0.6) is 0 Å². The van der Waals surface area contributed by atoms with Gasteiger partial charge in [0.25, 0.3) is 0 Å². The van der Waals surface area contributed by atoms with Crippen LogP contribution in [0.4, 0.5) is 0 Å². The molecule has 0 spiro atoms. The van der Waals surface area contributed by atoms with Crippen molar-refractivity contribution in [3.05, 3.63) is 0 Å². The second kappa shape index (κ2) is 2.99. The number of hydrogen-bond acceptors (Lipinski definition) is 1. The summed E-state index contributed by atoms with van der Waals surface area (Å²) in [5, 5.41) is 18.4. The molecular formula is C5H11O2. The first-order valence-corrected chi connectivity index (χ1v) is 2.44. The molecule has 2 nitrogen and oxygen atoms in total. The molecule has 0 saturated carbocycles. The lowest BCUT2D eigenvalue weighted by Gasteiger charge is -2.07. The van der Waals surface area contributed by atoms with Crippen LogP contribution in [0.2, 0.25) is 0 Å². The van der Waals surface area contributed by atoms with Crippen LogP contribution in [0.25, 0.3) is 0 Å². The van der Waals surface area contributed by atoms with Crippen molar-refractivity contribution in [3.63, 3.8) is 0 Å². The topological polar surface area (TPSA) is 40.1 Å². The van der Waals surface area contributed by atoms with Gasteiger partial charge in [0.05, 0.1) is 6.10 Å². The quantitative estimate of drug-likeness (QED) is 0.541. The molecule has 7 heavy (non-hydrogen) atoms. The molecule has 0 aliphatic carbocycles. The molecule has 0 heterocycles. The Morgan fingerprint density at radius 1 is 1.57 bits per heavy atom. The molecule has 0 aliphatic rings. The second-order valence-electron chi connectivity index (χ2n) is 1.98. The minimum atomic E-state index is -0.653. The highest BCUT2D eigenvalue weighted by Gasteiger charge is 2.05. The summed E-state index contributed by atoms with van der Waals surface area (Å²) in [6.45, 7) is 3.27. The molecule has 1 atom stereocenters. The highest BCUT2D eigenvalue weighted by atomic mass is 16.3. The van der Waals surface area contributed by atoms with Gasteiger partial charge in [-0.15, -0.1) is 0 Å². The largest absolute Gasteiger partial charge is 0.390 e. The van der Waals surface area contributed by atoms with E-state index in [9.17, 15) is 5.11 Å². The van der Waals surface area contributed by atoms with Crippen LogP contribution in [0.15, 0.2) is 0 Å². The van der Waals surface area contributed by atoms with E-state index in [1.807, 2.05) is 13.8 Å². The van der Waals surface area contributed by atoms with E-state index in [1.54, 1.807) is 0 Å². The zero-order valence-electron chi connectivity index (χ0n) is 4.72. The summed E-state index contributed by atoms with van der Waals surface area (Å²) in [5.74, 6) is 0.109. The third-order valence-electron chi connectivity index (χ3n) is 0.940. The Kier molecular flexibility index (Phi) is 2.96. The van der Waals surface area contributed by atoms with Crippen molar-refractivity contribution in [2.24, 2.45) is 5.92 Å². The van der Waals surface area contributed by atoms with Crippen molar-refractivity contribution in [2.75, 3.05) is 6.61 Å². The van der Waals surface area contributed by atoms with Crippen molar-refractivity contribution in [1.82, 2.24) is 0 Å². The average Bonchev–Trinajstić information content (AvgIpc) is 1.65. The molecule has 43 valence electrons. The van der Waals surface area contributed by atoms with Crippen molar-refractivity contribution < 1.29 is 10.2 Å². The van der Waals surface area contributed by atoms with Gasteiger partial charge in [-0.05, 0) is 5.92 Å². The minimum Gasteiger partial charge on any atom is -0.390 e. The van der Waals surface area contributed by atoms with Crippen LogP contribution in [0.3, 0.4) is 0 Å². The predicted molar refractivity (Wildman–Crippen MR) is 26.4 cm³/mol. The van der Waals surface area contributed by atoms with Gasteiger partial charge < -0.3 is 5.11 Å². The van der Waals surface area contributed by atoms with Crippen molar-refractivity contribution in [1.29, 1.82) is 0 Å². The van der Waals surface area contributed by atoms with E-state index >= 15 is 0 Å². The number of aliphatic hydroxyl groups excluding tert-OH is 1. The van der Waals surface area contributed by atoms with Crippen molar-refractivity contribution >= 4 is 0 Å². The number of aliphatic hydroxyl groups is 1. The Morgan fingerprint density at radius 3 is 2.00 bits per heavy atom. The van der Waals surface area contributed by atoms with E-state index in [1.165, 1.54) is 0 Å². The third-order valence-corrected chi connectivity index (χ3v) is 0.940. The molecule has 0 aliphatic heterocycles. The highest BCUT2D eigenvalue weighted by Crippen LogP contribution is 1.97. The Morgan fingerprint density at radius 2 is 2.00 bits per heavy atom. The van der Waals surface area contributed by atoms with Crippen LogP contribution >= 0.6 is 0 Å². The maximum Gasteiger partial charge on any atom is 0.108 e. The molecule has 1 radical (unpaired) electrons. The molecule has 0 aromatic heterocycles.